The SMILES string of the molecule is CC1CC(C)(C)c2cccc3c2C1(C)c1cccc2c4cc5c6ccccc6n(-c6nc(-c7ccccc7)nc(-c7cccc(-c8ccccc8)c7)n6)c5cc4n-3c12. The molecule has 278 valence electrons. The van der Waals surface area contributed by atoms with Gasteiger partial charge in [-0.05, 0) is 75.9 Å². The van der Waals surface area contributed by atoms with E-state index in [1.165, 1.54) is 55.0 Å². The molecule has 0 amide bonds. The van der Waals surface area contributed by atoms with Gasteiger partial charge < -0.3 is 4.57 Å². The van der Waals surface area contributed by atoms with Crippen LogP contribution in [0.1, 0.15) is 50.8 Å². The molecule has 3 aromatic heterocycles. The lowest BCUT2D eigenvalue weighted by atomic mass is 9.54. The Balaban J connectivity index is 1.17. The molecule has 2 unspecified atom stereocenters. The van der Waals surface area contributed by atoms with E-state index in [1.54, 1.807) is 0 Å². The van der Waals surface area contributed by atoms with Crippen LogP contribution in [0.3, 0.4) is 0 Å². The number of aromatic nitrogens is 5. The van der Waals surface area contributed by atoms with Gasteiger partial charge in [0.15, 0.2) is 11.6 Å². The van der Waals surface area contributed by atoms with E-state index in [0.717, 1.165) is 39.7 Å². The second kappa shape index (κ2) is 11.8. The van der Waals surface area contributed by atoms with Gasteiger partial charge in [-0.15, -0.1) is 0 Å². The summed E-state index contributed by atoms with van der Waals surface area (Å²) in [6.07, 6.45) is 1.14. The highest BCUT2D eigenvalue weighted by Gasteiger charge is 2.50. The summed E-state index contributed by atoms with van der Waals surface area (Å²) in [6, 6.07) is 56.8. The van der Waals surface area contributed by atoms with Crippen LogP contribution in [0.2, 0.25) is 0 Å². The minimum absolute atomic E-state index is 0.0752. The van der Waals surface area contributed by atoms with E-state index >= 15 is 0 Å². The molecule has 0 saturated carbocycles. The van der Waals surface area contributed by atoms with Crippen LogP contribution in [0.5, 0.6) is 0 Å². The molecular formula is C53H41N5. The standard InChI is InChI=1S/C53H41N5/c1-32-31-52(2,3)41-24-15-27-44-47(41)53(32,4)42-25-14-23-38-40-29-39-37-22-11-12-26-43(37)58(46(39)30-45(40)57(44)48(38)42)51-55-49(34-18-9-6-10-19-34)54-50(56-51)36-21-13-20-35(28-36)33-16-7-5-8-17-33/h5-30,32H,31H2,1-4H3. The number of rotatable bonds is 4. The molecule has 5 heteroatoms. The van der Waals surface area contributed by atoms with E-state index in [1.807, 2.05) is 24.3 Å². The van der Waals surface area contributed by atoms with E-state index in [0.29, 0.717) is 23.5 Å². The molecule has 0 saturated heterocycles. The van der Waals surface area contributed by atoms with Crippen LogP contribution >= 0.6 is 0 Å². The van der Waals surface area contributed by atoms with Gasteiger partial charge in [-0.1, -0.05) is 155 Å². The lowest BCUT2D eigenvalue weighted by molar-refractivity contribution is 0.250. The summed E-state index contributed by atoms with van der Waals surface area (Å²) in [5.41, 5.74) is 14.4. The molecule has 0 spiro atoms. The van der Waals surface area contributed by atoms with Crippen molar-refractivity contribution in [3.8, 4) is 45.5 Å². The number of benzene rings is 7. The molecule has 1 aliphatic heterocycles. The van der Waals surface area contributed by atoms with Crippen molar-refractivity contribution in [3.05, 3.63) is 174 Å². The van der Waals surface area contributed by atoms with Crippen LogP contribution in [0.15, 0.2) is 158 Å². The summed E-state index contributed by atoms with van der Waals surface area (Å²) in [4.78, 5) is 15.8. The van der Waals surface area contributed by atoms with Crippen LogP contribution in [-0.4, -0.2) is 24.1 Å². The fourth-order valence-corrected chi connectivity index (χ4v) is 10.8. The van der Waals surface area contributed by atoms with Crippen LogP contribution in [0, 0.1) is 5.92 Å². The number of nitrogens with zero attached hydrogens (tertiary/aromatic N) is 5. The van der Waals surface area contributed by atoms with E-state index in [-0.39, 0.29) is 10.8 Å². The van der Waals surface area contributed by atoms with Crippen molar-refractivity contribution in [2.75, 3.05) is 0 Å². The highest BCUT2D eigenvalue weighted by Crippen LogP contribution is 2.58. The average molecular weight is 748 g/mol. The Morgan fingerprint density at radius 3 is 1.90 bits per heavy atom. The Labute approximate surface area is 337 Å². The third kappa shape index (κ3) is 4.50. The summed E-state index contributed by atoms with van der Waals surface area (Å²) in [5, 5.41) is 4.91. The molecule has 0 radical (unpaired) electrons. The molecule has 7 aromatic carbocycles. The number of hydrogen-bond acceptors (Lipinski definition) is 3. The molecule has 0 fully saturated rings. The molecular weight excluding hydrogens is 707 g/mol. The molecule has 10 aromatic rings. The number of hydrogen-bond donors (Lipinski definition) is 0. The molecule has 58 heavy (non-hydrogen) atoms. The first-order valence-corrected chi connectivity index (χ1v) is 20.4. The lowest BCUT2D eigenvalue weighted by Gasteiger charge is -2.51. The quantitative estimate of drug-likeness (QED) is 0.180. The van der Waals surface area contributed by atoms with Crippen LogP contribution in [0.25, 0.3) is 89.2 Å². The maximum Gasteiger partial charge on any atom is 0.238 e. The Kier molecular flexibility index (Phi) is 6.80. The normalized spacial score (nSPS) is 18.0. The van der Waals surface area contributed by atoms with Gasteiger partial charge in [-0.25, -0.2) is 4.98 Å². The smallest absolute Gasteiger partial charge is 0.238 e. The zero-order valence-corrected chi connectivity index (χ0v) is 33.0. The van der Waals surface area contributed by atoms with Gasteiger partial charge in [-0.3, -0.25) is 4.57 Å². The average Bonchev–Trinajstić information content (AvgIpc) is 3.77. The summed E-state index contributed by atoms with van der Waals surface area (Å²) in [6.45, 7) is 9.82. The maximum atomic E-state index is 5.34. The molecule has 0 N–H and O–H groups in total. The first-order chi connectivity index (χ1) is 28.3. The van der Waals surface area contributed by atoms with Crippen molar-refractivity contribution in [3.63, 3.8) is 0 Å². The van der Waals surface area contributed by atoms with Gasteiger partial charge in [0.05, 0.1) is 27.8 Å². The van der Waals surface area contributed by atoms with Crippen molar-refractivity contribution in [1.29, 1.82) is 0 Å². The minimum Gasteiger partial charge on any atom is -0.309 e. The Hall–Kier alpha value is -6.85. The third-order valence-electron chi connectivity index (χ3n) is 13.6. The van der Waals surface area contributed by atoms with Crippen molar-refractivity contribution in [1.82, 2.24) is 24.1 Å². The largest absolute Gasteiger partial charge is 0.309 e. The van der Waals surface area contributed by atoms with Crippen molar-refractivity contribution < 1.29 is 0 Å². The first kappa shape index (κ1) is 33.3. The minimum atomic E-state index is -0.0976. The second-order valence-electron chi connectivity index (χ2n) is 17.3. The van der Waals surface area contributed by atoms with Gasteiger partial charge in [0.2, 0.25) is 5.95 Å². The fraction of sp³-hybridized carbons (Fsp3) is 0.151. The summed E-state index contributed by atoms with van der Waals surface area (Å²) < 4.78 is 4.83. The zero-order valence-electron chi connectivity index (χ0n) is 33.0. The molecule has 5 nitrogen and oxygen atoms in total. The first-order valence-electron chi connectivity index (χ1n) is 20.4. The molecule has 4 heterocycles. The maximum absolute atomic E-state index is 5.34. The van der Waals surface area contributed by atoms with E-state index < -0.39 is 0 Å². The third-order valence-corrected chi connectivity index (χ3v) is 13.6. The van der Waals surface area contributed by atoms with Gasteiger partial charge in [0, 0.05) is 38.1 Å². The highest BCUT2D eigenvalue weighted by atomic mass is 15.2. The predicted molar refractivity (Wildman–Crippen MR) is 238 cm³/mol. The topological polar surface area (TPSA) is 48.5 Å². The second-order valence-corrected chi connectivity index (χ2v) is 17.3. The number of para-hydroxylation sites is 2. The van der Waals surface area contributed by atoms with Gasteiger partial charge in [0.1, 0.15) is 0 Å². The molecule has 2 aliphatic rings. The van der Waals surface area contributed by atoms with Crippen LogP contribution < -0.4 is 0 Å². The molecule has 1 aliphatic carbocycles. The summed E-state index contributed by atoms with van der Waals surface area (Å²) >= 11 is 0. The van der Waals surface area contributed by atoms with E-state index in [4.69, 9.17) is 15.0 Å². The predicted octanol–water partition coefficient (Wildman–Crippen LogP) is 13.0. The van der Waals surface area contributed by atoms with Crippen molar-refractivity contribution in [2.24, 2.45) is 5.92 Å². The Morgan fingerprint density at radius 2 is 1.09 bits per heavy atom. The van der Waals surface area contributed by atoms with E-state index in [9.17, 15) is 0 Å². The van der Waals surface area contributed by atoms with Crippen LogP contribution in [0.4, 0.5) is 0 Å². The number of fused-ring (bicyclic) bond motifs is 8. The van der Waals surface area contributed by atoms with Crippen molar-refractivity contribution >= 4 is 43.6 Å². The van der Waals surface area contributed by atoms with E-state index in [2.05, 4.69) is 170 Å². The van der Waals surface area contributed by atoms with Crippen molar-refractivity contribution in [2.45, 2.75) is 44.9 Å². The molecule has 2 atom stereocenters. The Morgan fingerprint density at radius 1 is 0.483 bits per heavy atom. The summed E-state index contributed by atoms with van der Waals surface area (Å²) in [5.74, 6) is 2.34. The van der Waals surface area contributed by atoms with Crippen LogP contribution in [-0.2, 0) is 10.8 Å². The van der Waals surface area contributed by atoms with Gasteiger partial charge in [-0.2, -0.15) is 9.97 Å². The zero-order chi connectivity index (χ0) is 38.9. The monoisotopic (exact) mass is 747 g/mol. The molecule has 0 bridgehead atoms. The van der Waals surface area contributed by atoms with Gasteiger partial charge >= 0.3 is 0 Å². The highest BCUT2D eigenvalue weighted by molar-refractivity contribution is 6.20. The fourth-order valence-electron chi connectivity index (χ4n) is 10.8. The summed E-state index contributed by atoms with van der Waals surface area (Å²) in [7, 11) is 0. The molecule has 12 rings (SSSR count). The lowest BCUT2D eigenvalue weighted by Crippen LogP contribution is -2.45. The van der Waals surface area contributed by atoms with Gasteiger partial charge in [0.25, 0.3) is 0 Å². The Bertz CT molecular complexity index is 3320.